The van der Waals surface area contributed by atoms with Gasteiger partial charge in [-0.05, 0) is 57.7 Å². The molecule has 1 saturated carbocycles. The van der Waals surface area contributed by atoms with Gasteiger partial charge in [-0.3, -0.25) is 24.0 Å². The van der Waals surface area contributed by atoms with Gasteiger partial charge >= 0.3 is 5.97 Å². The number of likely N-dealkylation sites (tertiary alicyclic amines) is 1. The average Bonchev–Trinajstić information content (AvgIpc) is 3.80. The van der Waals surface area contributed by atoms with Crippen LogP contribution < -0.4 is 16.0 Å². The number of amides is 3. The molecule has 1 aliphatic carbocycles. The van der Waals surface area contributed by atoms with E-state index in [0.717, 1.165) is 44.9 Å². The van der Waals surface area contributed by atoms with Gasteiger partial charge in [0.1, 0.15) is 16.7 Å². The molecule has 43 heavy (non-hydrogen) atoms. The Morgan fingerprint density at radius 1 is 1.07 bits per heavy atom. The van der Waals surface area contributed by atoms with E-state index in [-0.39, 0.29) is 41.7 Å². The molecule has 3 N–H and O–H groups in total. The number of ether oxygens (including phenoxy) is 1. The van der Waals surface area contributed by atoms with Crippen molar-refractivity contribution < 1.29 is 28.7 Å². The normalized spacial score (nSPS) is 22.1. The van der Waals surface area contributed by atoms with Gasteiger partial charge < -0.3 is 25.6 Å². The monoisotopic (exact) mass is 609 g/mol. The average molecular weight is 610 g/mol. The van der Waals surface area contributed by atoms with E-state index in [1.54, 1.807) is 43.6 Å². The van der Waals surface area contributed by atoms with Crippen molar-refractivity contribution in [3.05, 3.63) is 45.9 Å². The number of carbonyl (C=O) groups excluding carboxylic acids is 5. The van der Waals surface area contributed by atoms with Gasteiger partial charge in [0.05, 0.1) is 12.1 Å². The van der Waals surface area contributed by atoms with E-state index in [0.29, 0.717) is 29.2 Å². The third kappa shape index (κ3) is 7.13. The maximum absolute atomic E-state index is 14.0. The van der Waals surface area contributed by atoms with E-state index >= 15 is 0 Å². The van der Waals surface area contributed by atoms with Gasteiger partial charge in [-0.1, -0.05) is 31.4 Å². The summed E-state index contributed by atoms with van der Waals surface area (Å²) in [6, 6.07) is 5.31. The molecule has 3 fully saturated rings. The summed E-state index contributed by atoms with van der Waals surface area (Å²) in [5.41, 5.74) is 1.05. The summed E-state index contributed by atoms with van der Waals surface area (Å²) in [6.07, 6.45) is 6.31. The predicted octanol–water partition coefficient (Wildman–Crippen LogP) is 3.35. The molecule has 1 aromatic carbocycles. The maximum Gasteiger partial charge on any atom is 0.306 e. The number of thiazole rings is 1. The van der Waals surface area contributed by atoms with Crippen LogP contribution in [0.1, 0.15) is 91.8 Å². The number of likely N-dealkylation sites (N-methyl/N-ethyl adjacent to an activating group) is 1. The van der Waals surface area contributed by atoms with Gasteiger partial charge in [0.15, 0.2) is 6.10 Å². The molecule has 12 heteroatoms. The lowest BCUT2D eigenvalue weighted by molar-refractivity contribution is -0.146. The number of benzene rings is 1. The Morgan fingerprint density at radius 2 is 1.86 bits per heavy atom. The van der Waals surface area contributed by atoms with Crippen molar-refractivity contribution in [3.8, 4) is 0 Å². The Kier molecular flexibility index (Phi) is 9.86. The quantitative estimate of drug-likeness (QED) is 0.275. The summed E-state index contributed by atoms with van der Waals surface area (Å²) in [5.74, 6) is -1.30. The number of cyclic esters (lactones) is 1. The molecular weight excluding hydrogens is 570 g/mol. The van der Waals surface area contributed by atoms with Crippen LogP contribution in [0.25, 0.3) is 0 Å². The minimum atomic E-state index is -0.831. The Hall–Kier alpha value is -3.64. The van der Waals surface area contributed by atoms with Crippen LogP contribution in [0.2, 0.25) is 0 Å². The first-order valence-electron chi connectivity index (χ1n) is 15.1. The van der Waals surface area contributed by atoms with E-state index in [1.807, 2.05) is 4.90 Å². The summed E-state index contributed by atoms with van der Waals surface area (Å²) in [5, 5.41) is 11.1. The third-order valence-electron chi connectivity index (χ3n) is 8.66. The van der Waals surface area contributed by atoms with E-state index in [1.165, 1.54) is 11.3 Å². The molecule has 0 spiro atoms. The zero-order chi connectivity index (χ0) is 30.5. The van der Waals surface area contributed by atoms with Crippen molar-refractivity contribution in [2.45, 2.75) is 88.9 Å². The molecule has 2 aromatic rings. The van der Waals surface area contributed by atoms with E-state index < -0.39 is 30.1 Å². The SMILES string of the molecule is CNC(C)C(=O)NC(C(=O)N1CCCC1c1nc(C(=O)c2cccc(NC(=O)C3CCC(=O)O3)c2)cs1)C1CCCCC1. The number of aromatic nitrogens is 1. The lowest BCUT2D eigenvalue weighted by Crippen LogP contribution is -2.55. The number of anilines is 1. The number of rotatable bonds is 10. The van der Waals surface area contributed by atoms with Crippen LogP contribution in [0, 0.1) is 5.92 Å². The van der Waals surface area contributed by atoms with E-state index in [9.17, 15) is 24.0 Å². The molecule has 2 aliphatic heterocycles. The van der Waals surface area contributed by atoms with Crippen LogP contribution in [-0.2, 0) is 23.9 Å². The minimum absolute atomic E-state index is 0.0782. The standard InChI is InChI=1S/C31H39N5O6S/c1-18(32-2)28(39)35-26(19-8-4-3-5-9-19)31(41)36-15-7-12-23(36)30-34-22(17-43-30)27(38)20-10-6-11-21(16-20)33-29(40)24-13-14-25(37)42-24/h6,10-11,16-19,23-24,26,32H,3-5,7-9,12-15H2,1-2H3,(H,33,40)(H,35,39). The Bertz CT molecular complexity index is 1370. The van der Waals surface area contributed by atoms with Gasteiger partial charge in [0.2, 0.25) is 17.6 Å². The second-order valence-electron chi connectivity index (χ2n) is 11.6. The zero-order valence-corrected chi connectivity index (χ0v) is 25.4. The summed E-state index contributed by atoms with van der Waals surface area (Å²) in [6.45, 7) is 2.35. The van der Waals surface area contributed by atoms with Crippen LogP contribution in [-0.4, -0.2) is 71.1 Å². The topological polar surface area (TPSA) is 147 Å². The fraction of sp³-hybridized carbons (Fsp3) is 0.548. The molecule has 11 nitrogen and oxygen atoms in total. The van der Waals surface area contributed by atoms with Gasteiger partial charge in [-0.15, -0.1) is 11.3 Å². The number of carbonyl (C=O) groups is 5. The molecule has 4 atom stereocenters. The first-order valence-corrected chi connectivity index (χ1v) is 16.0. The highest BCUT2D eigenvalue weighted by molar-refractivity contribution is 7.10. The van der Waals surface area contributed by atoms with Gasteiger partial charge in [-0.25, -0.2) is 4.98 Å². The van der Waals surface area contributed by atoms with Crippen molar-refractivity contribution >= 4 is 46.5 Å². The molecule has 0 radical (unpaired) electrons. The summed E-state index contributed by atoms with van der Waals surface area (Å²) < 4.78 is 5.02. The van der Waals surface area contributed by atoms with Crippen LogP contribution in [0.5, 0.6) is 0 Å². The van der Waals surface area contributed by atoms with Crippen molar-refractivity contribution in [3.63, 3.8) is 0 Å². The first-order chi connectivity index (χ1) is 20.7. The number of ketones is 1. The molecule has 4 unspecified atom stereocenters. The largest absolute Gasteiger partial charge is 0.452 e. The van der Waals surface area contributed by atoms with Crippen LogP contribution in [0.4, 0.5) is 5.69 Å². The highest BCUT2D eigenvalue weighted by atomic mass is 32.1. The molecule has 2 saturated heterocycles. The van der Waals surface area contributed by atoms with Crippen molar-refractivity contribution in [2.24, 2.45) is 5.92 Å². The molecule has 5 rings (SSSR count). The lowest BCUT2D eigenvalue weighted by atomic mass is 9.83. The van der Waals surface area contributed by atoms with Gasteiger partial charge in [-0.2, -0.15) is 0 Å². The highest BCUT2D eigenvalue weighted by Crippen LogP contribution is 2.36. The molecular formula is C31H39N5O6S. The number of esters is 1. The molecule has 3 heterocycles. The fourth-order valence-electron chi connectivity index (χ4n) is 6.09. The first kappa shape index (κ1) is 30.8. The van der Waals surface area contributed by atoms with E-state index in [4.69, 9.17) is 4.74 Å². The molecule has 3 amide bonds. The van der Waals surface area contributed by atoms with Gasteiger partial charge in [0, 0.05) is 36.0 Å². The molecule has 0 bridgehead atoms. The van der Waals surface area contributed by atoms with Gasteiger partial charge in [0.25, 0.3) is 5.91 Å². The number of hydrogen-bond acceptors (Lipinski definition) is 9. The molecule has 230 valence electrons. The van der Waals surface area contributed by atoms with Crippen molar-refractivity contribution in [1.29, 1.82) is 0 Å². The second kappa shape index (κ2) is 13.8. The number of nitrogens with zero attached hydrogens (tertiary/aromatic N) is 2. The predicted molar refractivity (Wildman–Crippen MR) is 160 cm³/mol. The molecule has 1 aromatic heterocycles. The molecule has 3 aliphatic rings. The fourth-order valence-corrected chi connectivity index (χ4v) is 7.03. The van der Waals surface area contributed by atoms with Crippen LogP contribution >= 0.6 is 11.3 Å². The van der Waals surface area contributed by atoms with E-state index in [2.05, 4.69) is 20.9 Å². The van der Waals surface area contributed by atoms with Crippen molar-refractivity contribution in [1.82, 2.24) is 20.5 Å². The Balaban J connectivity index is 1.29. The summed E-state index contributed by atoms with van der Waals surface area (Å²) in [4.78, 5) is 70.6. The zero-order valence-electron chi connectivity index (χ0n) is 24.6. The Labute approximate surface area is 255 Å². The van der Waals surface area contributed by atoms with Crippen LogP contribution in [0.3, 0.4) is 0 Å². The number of nitrogens with one attached hydrogen (secondary N) is 3. The second-order valence-corrected chi connectivity index (χ2v) is 12.5. The third-order valence-corrected chi connectivity index (χ3v) is 9.60. The summed E-state index contributed by atoms with van der Waals surface area (Å²) >= 11 is 1.35. The maximum atomic E-state index is 14.0. The van der Waals surface area contributed by atoms with Crippen LogP contribution in [0.15, 0.2) is 29.6 Å². The Morgan fingerprint density at radius 3 is 2.58 bits per heavy atom. The summed E-state index contributed by atoms with van der Waals surface area (Å²) in [7, 11) is 1.72. The lowest BCUT2D eigenvalue weighted by Gasteiger charge is -2.35. The highest BCUT2D eigenvalue weighted by Gasteiger charge is 2.40. The van der Waals surface area contributed by atoms with Crippen molar-refractivity contribution in [2.75, 3.05) is 18.9 Å². The minimum Gasteiger partial charge on any atom is -0.452 e. The number of hydrogen-bond donors (Lipinski definition) is 3. The smallest absolute Gasteiger partial charge is 0.306 e.